The van der Waals surface area contributed by atoms with Crippen LogP contribution in [0.25, 0.3) is 0 Å². The molecule has 0 N–H and O–H groups in total. The third kappa shape index (κ3) is 3.27. The van der Waals surface area contributed by atoms with Crippen molar-refractivity contribution in [2.24, 2.45) is 0 Å². The van der Waals surface area contributed by atoms with Crippen LogP contribution in [-0.4, -0.2) is 61.0 Å². The van der Waals surface area contributed by atoms with Gasteiger partial charge in [-0.3, -0.25) is 14.7 Å². The molecule has 1 amide bonds. The number of nitrogens with zero attached hydrogens (tertiary/aromatic N) is 3. The number of aromatic nitrogens is 1. The van der Waals surface area contributed by atoms with Gasteiger partial charge in [0.05, 0.1) is 18.8 Å². The molecule has 5 nitrogen and oxygen atoms in total. The van der Waals surface area contributed by atoms with Gasteiger partial charge < -0.3 is 9.64 Å². The van der Waals surface area contributed by atoms with E-state index in [4.69, 9.17) is 4.74 Å². The molecule has 0 aromatic carbocycles. The van der Waals surface area contributed by atoms with Crippen LogP contribution in [0.1, 0.15) is 11.8 Å². The molecule has 1 aliphatic heterocycles. The van der Waals surface area contributed by atoms with E-state index < -0.39 is 0 Å². The number of morpholine rings is 1. The lowest BCUT2D eigenvalue weighted by Crippen LogP contribution is -2.44. The largest absolute Gasteiger partial charge is 0.369 e. The van der Waals surface area contributed by atoms with E-state index in [9.17, 15) is 4.79 Å². The summed E-state index contributed by atoms with van der Waals surface area (Å²) in [6, 6.07) is 5.80. The molecule has 1 aromatic rings. The van der Waals surface area contributed by atoms with Crippen molar-refractivity contribution >= 4 is 5.91 Å². The molecule has 0 bridgehead atoms. The van der Waals surface area contributed by atoms with Gasteiger partial charge in [-0.15, -0.1) is 0 Å². The summed E-state index contributed by atoms with van der Waals surface area (Å²) < 4.78 is 5.71. The summed E-state index contributed by atoms with van der Waals surface area (Å²) in [5.41, 5.74) is 0.930. The molecule has 2 rings (SSSR count). The Balaban J connectivity index is 1.95. The smallest absolute Gasteiger partial charge is 0.236 e. The van der Waals surface area contributed by atoms with Crippen molar-refractivity contribution in [2.75, 3.05) is 40.3 Å². The lowest BCUT2D eigenvalue weighted by atomic mass is 10.2. The number of carbonyl (C=O) groups is 1. The number of amides is 1. The van der Waals surface area contributed by atoms with Crippen LogP contribution in [0, 0.1) is 0 Å². The molecule has 0 saturated carbocycles. The van der Waals surface area contributed by atoms with Crippen molar-refractivity contribution in [3.05, 3.63) is 30.1 Å². The van der Waals surface area contributed by atoms with Crippen molar-refractivity contribution in [3.63, 3.8) is 0 Å². The summed E-state index contributed by atoms with van der Waals surface area (Å²) >= 11 is 0. The maximum Gasteiger partial charge on any atom is 0.236 e. The van der Waals surface area contributed by atoms with E-state index in [1.54, 1.807) is 25.2 Å². The summed E-state index contributed by atoms with van der Waals surface area (Å²) in [5, 5.41) is 0. The van der Waals surface area contributed by atoms with Crippen molar-refractivity contribution in [1.82, 2.24) is 14.8 Å². The molecule has 0 unspecified atom stereocenters. The fourth-order valence-electron chi connectivity index (χ4n) is 1.92. The van der Waals surface area contributed by atoms with Gasteiger partial charge in [-0.05, 0) is 12.1 Å². The Bertz CT molecular complexity index is 394. The van der Waals surface area contributed by atoms with Crippen LogP contribution in [-0.2, 0) is 9.53 Å². The minimum Gasteiger partial charge on any atom is -0.369 e. The first-order valence-corrected chi connectivity index (χ1v) is 6.12. The third-order valence-electron chi connectivity index (χ3n) is 3.03. The first kappa shape index (κ1) is 13.0. The molecular weight excluding hydrogens is 230 g/mol. The minimum absolute atomic E-state index is 0.0325. The van der Waals surface area contributed by atoms with E-state index >= 15 is 0 Å². The molecular formula is C13H19N3O2. The zero-order valence-corrected chi connectivity index (χ0v) is 10.9. The van der Waals surface area contributed by atoms with Crippen LogP contribution < -0.4 is 0 Å². The second-order valence-corrected chi connectivity index (χ2v) is 4.64. The number of ether oxygens (including phenoxy) is 1. The highest BCUT2D eigenvalue weighted by atomic mass is 16.5. The van der Waals surface area contributed by atoms with Gasteiger partial charge in [-0.25, -0.2) is 0 Å². The lowest BCUT2D eigenvalue weighted by molar-refractivity contribution is -0.132. The summed E-state index contributed by atoms with van der Waals surface area (Å²) in [4.78, 5) is 19.7. The first-order chi connectivity index (χ1) is 8.66. The van der Waals surface area contributed by atoms with Crippen molar-refractivity contribution < 1.29 is 9.53 Å². The Hall–Kier alpha value is -1.46. The van der Waals surface area contributed by atoms with E-state index in [1.165, 1.54) is 0 Å². The average molecular weight is 249 g/mol. The quantitative estimate of drug-likeness (QED) is 0.784. The summed E-state index contributed by atoms with van der Waals surface area (Å²) in [7, 11) is 3.55. The Morgan fingerprint density at radius 1 is 1.56 bits per heavy atom. The van der Waals surface area contributed by atoms with Crippen LogP contribution in [0.4, 0.5) is 0 Å². The van der Waals surface area contributed by atoms with Gasteiger partial charge in [-0.1, -0.05) is 6.07 Å². The summed E-state index contributed by atoms with van der Waals surface area (Å²) in [6.45, 7) is 2.60. The first-order valence-electron chi connectivity index (χ1n) is 6.12. The van der Waals surface area contributed by atoms with Crippen LogP contribution in [0.5, 0.6) is 0 Å². The Morgan fingerprint density at radius 3 is 3.06 bits per heavy atom. The van der Waals surface area contributed by atoms with Gasteiger partial charge in [0, 0.05) is 33.4 Å². The molecule has 98 valence electrons. The van der Waals surface area contributed by atoms with E-state index in [0.29, 0.717) is 13.2 Å². The number of rotatable bonds is 3. The molecule has 1 atom stereocenters. The van der Waals surface area contributed by atoms with Gasteiger partial charge in [-0.2, -0.15) is 0 Å². The maximum atomic E-state index is 11.7. The lowest BCUT2D eigenvalue weighted by Gasteiger charge is -2.32. The highest BCUT2D eigenvalue weighted by Crippen LogP contribution is 2.19. The van der Waals surface area contributed by atoms with Gasteiger partial charge >= 0.3 is 0 Å². The van der Waals surface area contributed by atoms with Gasteiger partial charge in [0.15, 0.2) is 0 Å². The topological polar surface area (TPSA) is 45.7 Å². The number of hydrogen-bond donors (Lipinski definition) is 0. The van der Waals surface area contributed by atoms with Crippen molar-refractivity contribution in [3.8, 4) is 0 Å². The molecule has 18 heavy (non-hydrogen) atoms. The molecule has 2 heterocycles. The summed E-state index contributed by atoms with van der Waals surface area (Å²) in [5.74, 6) is 0.122. The van der Waals surface area contributed by atoms with Crippen molar-refractivity contribution in [1.29, 1.82) is 0 Å². The molecule has 0 spiro atoms. The van der Waals surface area contributed by atoms with E-state index in [0.717, 1.165) is 18.8 Å². The minimum atomic E-state index is -0.0325. The predicted molar refractivity (Wildman–Crippen MR) is 68.1 cm³/mol. The fourth-order valence-corrected chi connectivity index (χ4v) is 1.92. The average Bonchev–Trinajstić information content (AvgIpc) is 2.40. The van der Waals surface area contributed by atoms with Crippen LogP contribution in [0.2, 0.25) is 0 Å². The van der Waals surface area contributed by atoms with Crippen LogP contribution >= 0.6 is 0 Å². The maximum absolute atomic E-state index is 11.7. The summed E-state index contributed by atoms with van der Waals surface area (Å²) in [6.07, 6.45) is 1.73. The Kier molecular flexibility index (Phi) is 4.28. The molecule has 1 aromatic heterocycles. The number of pyridine rings is 1. The van der Waals surface area contributed by atoms with Crippen LogP contribution in [0.15, 0.2) is 24.4 Å². The SMILES string of the molecule is CN(C)C(=O)CN1CCO[C@H](c2ccccn2)C1. The molecule has 0 aliphatic carbocycles. The second kappa shape index (κ2) is 5.93. The number of carbonyl (C=O) groups excluding carboxylic acids is 1. The molecule has 1 aliphatic rings. The fraction of sp³-hybridized carbons (Fsp3) is 0.538. The van der Waals surface area contributed by atoms with E-state index in [-0.39, 0.29) is 12.0 Å². The Labute approximate surface area is 107 Å². The van der Waals surface area contributed by atoms with Crippen LogP contribution in [0.3, 0.4) is 0 Å². The second-order valence-electron chi connectivity index (χ2n) is 4.64. The van der Waals surface area contributed by atoms with Gasteiger partial charge in [0.1, 0.15) is 6.10 Å². The highest BCUT2D eigenvalue weighted by Gasteiger charge is 2.24. The zero-order chi connectivity index (χ0) is 13.0. The third-order valence-corrected chi connectivity index (χ3v) is 3.03. The van der Waals surface area contributed by atoms with Crippen molar-refractivity contribution in [2.45, 2.75) is 6.10 Å². The molecule has 1 saturated heterocycles. The van der Waals surface area contributed by atoms with Gasteiger partial charge in [0.2, 0.25) is 5.91 Å². The predicted octanol–water partition coefficient (Wildman–Crippen LogP) is 0.543. The van der Waals surface area contributed by atoms with E-state index in [1.807, 2.05) is 18.2 Å². The molecule has 5 heteroatoms. The van der Waals surface area contributed by atoms with Gasteiger partial charge in [0.25, 0.3) is 0 Å². The van der Waals surface area contributed by atoms with E-state index in [2.05, 4.69) is 9.88 Å². The monoisotopic (exact) mass is 249 g/mol. The number of hydrogen-bond acceptors (Lipinski definition) is 4. The molecule has 0 radical (unpaired) electrons. The zero-order valence-electron chi connectivity index (χ0n) is 10.9. The Morgan fingerprint density at radius 2 is 2.39 bits per heavy atom. The highest BCUT2D eigenvalue weighted by molar-refractivity contribution is 5.77. The molecule has 1 fully saturated rings. The standard InChI is InChI=1S/C13H19N3O2/c1-15(2)13(17)10-16-7-8-18-12(9-16)11-5-3-4-6-14-11/h3-6,12H,7-10H2,1-2H3/t12-/m0/s1. The number of likely N-dealkylation sites (N-methyl/N-ethyl adjacent to an activating group) is 1. The normalized spacial score (nSPS) is 20.7.